The molecule has 2 rings (SSSR count). The number of likely N-dealkylation sites (N-methyl/N-ethyl adjacent to an activating group) is 1. The number of rotatable bonds is 3. The normalized spacial score (nSPS) is 33.6. The fraction of sp³-hybridized carbons (Fsp3) is 0.923. The summed E-state index contributed by atoms with van der Waals surface area (Å²) in [5, 5.41) is 0. The lowest BCUT2D eigenvalue weighted by Gasteiger charge is -2.38. The molecule has 98 valence electrons. The minimum atomic E-state index is -0.194. The highest BCUT2D eigenvalue weighted by atomic mass is 16.5. The van der Waals surface area contributed by atoms with Gasteiger partial charge in [0.2, 0.25) is 0 Å². The average Bonchev–Trinajstić information content (AvgIpc) is 2.90. The van der Waals surface area contributed by atoms with Gasteiger partial charge in [0, 0.05) is 19.7 Å². The topological polar surface area (TPSA) is 55.6 Å². The summed E-state index contributed by atoms with van der Waals surface area (Å²) >= 11 is 0. The fourth-order valence-corrected chi connectivity index (χ4v) is 3.14. The second-order valence-electron chi connectivity index (χ2n) is 5.30. The van der Waals surface area contributed by atoms with Crippen LogP contribution in [-0.2, 0) is 9.53 Å². The minimum Gasteiger partial charge on any atom is -0.368 e. The van der Waals surface area contributed by atoms with E-state index in [-0.39, 0.29) is 12.0 Å². The van der Waals surface area contributed by atoms with Crippen molar-refractivity contribution >= 4 is 5.91 Å². The van der Waals surface area contributed by atoms with Crippen molar-refractivity contribution in [1.29, 1.82) is 0 Å². The summed E-state index contributed by atoms with van der Waals surface area (Å²) in [5.74, 6) is 0.631. The molecule has 1 amide bonds. The molecule has 1 aliphatic carbocycles. The Kier molecular flexibility index (Phi) is 4.40. The summed E-state index contributed by atoms with van der Waals surface area (Å²) in [6.07, 6.45) is 6.41. The monoisotopic (exact) mass is 240 g/mol. The molecule has 4 heteroatoms. The molecule has 0 aromatic heterocycles. The molecular weight excluding hydrogens is 216 g/mol. The fourth-order valence-electron chi connectivity index (χ4n) is 3.14. The highest BCUT2D eigenvalue weighted by Crippen LogP contribution is 2.28. The summed E-state index contributed by atoms with van der Waals surface area (Å²) in [6.45, 7) is 1.42. The van der Waals surface area contributed by atoms with Crippen LogP contribution >= 0.6 is 0 Å². The van der Waals surface area contributed by atoms with E-state index < -0.39 is 0 Å². The van der Waals surface area contributed by atoms with Crippen LogP contribution in [0.15, 0.2) is 0 Å². The molecule has 1 saturated carbocycles. The molecule has 17 heavy (non-hydrogen) atoms. The van der Waals surface area contributed by atoms with Gasteiger partial charge in [-0.15, -0.1) is 0 Å². The van der Waals surface area contributed by atoms with Crippen LogP contribution in [0.25, 0.3) is 0 Å². The maximum Gasteiger partial charge on any atom is 0.251 e. The zero-order valence-electron chi connectivity index (χ0n) is 10.7. The van der Waals surface area contributed by atoms with Crippen molar-refractivity contribution in [3.05, 3.63) is 0 Å². The van der Waals surface area contributed by atoms with E-state index in [0.29, 0.717) is 18.5 Å². The molecule has 2 fully saturated rings. The van der Waals surface area contributed by atoms with Gasteiger partial charge >= 0.3 is 0 Å². The summed E-state index contributed by atoms with van der Waals surface area (Å²) in [6, 6.07) is 0.324. The van der Waals surface area contributed by atoms with Crippen LogP contribution < -0.4 is 5.73 Å². The maximum atomic E-state index is 12.3. The van der Waals surface area contributed by atoms with E-state index in [4.69, 9.17) is 10.5 Å². The van der Waals surface area contributed by atoms with Crippen LogP contribution in [0.3, 0.4) is 0 Å². The van der Waals surface area contributed by atoms with Crippen molar-refractivity contribution in [2.24, 2.45) is 11.7 Å². The first-order valence-corrected chi connectivity index (χ1v) is 6.82. The third-order valence-electron chi connectivity index (χ3n) is 4.22. The SMILES string of the molecule is CN(C(=O)C1CCCO1)C1CCCCC1CN. The van der Waals surface area contributed by atoms with Crippen LogP contribution in [0.5, 0.6) is 0 Å². The molecule has 0 aromatic rings. The first-order chi connectivity index (χ1) is 8.24. The summed E-state index contributed by atoms with van der Waals surface area (Å²) in [7, 11) is 1.92. The molecule has 2 N–H and O–H groups in total. The van der Waals surface area contributed by atoms with Crippen LogP contribution in [0.4, 0.5) is 0 Å². The third-order valence-corrected chi connectivity index (χ3v) is 4.22. The van der Waals surface area contributed by atoms with E-state index in [1.165, 1.54) is 12.8 Å². The van der Waals surface area contributed by atoms with Gasteiger partial charge < -0.3 is 15.4 Å². The largest absolute Gasteiger partial charge is 0.368 e. The van der Waals surface area contributed by atoms with Crippen molar-refractivity contribution in [3.63, 3.8) is 0 Å². The number of ether oxygens (including phenoxy) is 1. The molecule has 1 saturated heterocycles. The Morgan fingerprint density at radius 3 is 2.71 bits per heavy atom. The number of nitrogens with zero attached hydrogens (tertiary/aromatic N) is 1. The van der Waals surface area contributed by atoms with E-state index in [9.17, 15) is 4.79 Å². The van der Waals surface area contributed by atoms with Crippen LogP contribution in [0, 0.1) is 5.92 Å². The quantitative estimate of drug-likeness (QED) is 0.805. The molecule has 0 bridgehead atoms. The highest BCUT2D eigenvalue weighted by Gasteiger charge is 2.34. The van der Waals surface area contributed by atoms with E-state index in [0.717, 1.165) is 32.3 Å². The number of carbonyl (C=O) groups excluding carboxylic acids is 1. The molecule has 3 unspecified atom stereocenters. The first kappa shape index (κ1) is 12.8. The molecular formula is C13H24N2O2. The lowest BCUT2D eigenvalue weighted by Crippen LogP contribution is -2.49. The van der Waals surface area contributed by atoms with Gasteiger partial charge in [-0.05, 0) is 38.1 Å². The molecule has 4 nitrogen and oxygen atoms in total. The molecule has 0 spiro atoms. The standard InChI is InChI=1S/C13H24N2O2/c1-15(13(16)12-7-4-8-17-12)11-6-3-2-5-10(11)9-14/h10-12H,2-9,14H2,1H3. The Morgan fingerprint density at radius 1 is 1.29 bits per heavy atom. The molecule has 0 aromatic carbocycles. The van der Waals surface area contributed by atoms with Gasteiger partial charge in [-0.1, -0.05) is 12.8 Å². The predicted octanol–water partition coefficient (Wildman–Crippen LogP) is 1.14. The van der Waals surface area contributed by atoms with Crippen molar-refractivity contribution in [2.75, 3.05) is 20.2 Å². The molecule has 0 radical (unpaired) electrons. The van der Waals surface area contributed by atoms with Gasteiger partial charge in [-0.25, -0.2) is 0 Å². The predicted molar refractivity (Wildman–Crippen MR) is 66.5 cm³/mol. The summed E-state index contributed by atoms with van der Waals surface area (Å²) in [5.41, 5.74) is 5.82. The average molecular weight is 240 g/mol. The second kappa shape index (κ2) is 5.83. The Labute approximate surface area is 103 Å². The lowest BCUT2D eigenvalue weighted by molar-refractivity contribution is -0.143. The number of carbonyl (C=O) groups is 1. The Hall–Kier alpha value is -0.610. The van der Waals surface area contributed by atoms with Crippen molar-refractivity contribution < 1.29 is 9.53 Å². The Balaban J connectivity index is 1.96. The summed E-state index contributed by atoms with van der Waals surface area (Å²) < 4.78 is 5.47. The summed E-state index contributed by atoms with van der Waals surface area (Å²) in [4.78, 5) is 14.2. The number of nitrogens with two attached hydrogens (primary N) is 1. The van der Waals surface area contributed by atoms with E-state index >= 15 is 0 Å². The number of hydrogen-bond acceptors (Lipinski definition) is 3. The number of amides is 1. The molecule has 1 aliphatic heterocycles. The zero-order valence-corrected chi connectivity index (χ0v) is 10.7. The molecule has 1 heterocycles. The second-order valence-corrected chi connectivity index (χ2v) is 5.30. The van der Waals surface area contributed by atoms with Crippen LogP contribution in [-0.4, -0.2) is 43.2 Å². The molecule has 3 atom stereocenters. The van der Waals surface area contributed by atoms with Gasteiger partial charge in [0.25, 0.3) is 5.91 Å². The highest BCUT2D eigenvalue weighted by molar-refractivity contribution is 5.81. The maximum absolute atomic E-state index is 12.3. The zero-order chi connectivity index (χ0) is 12.3. The van der Waals surface area contributed by atoms with Gasteiger partial charge in [-0.2, -0.15) is 0 Å². The first-order valence-electron chi connectivity index (χ1n) is 6.82. The minimum absolute atomic E-state index is 0.160. The number of hydrogen-bond donors (Lipinski definition) is 1. The molecule has 2 aliphatic rings. The lowest BCUT2D eigenvalue weighted by atomic mass is 9.83. The van der Waals surface area contributed by atoms with E-state index in [1.807, 2.05) is 11.9 Å². The Morgan fingerprint density at radius 2 is 2.06 bits per heavy atom. The van der Waals surface area contributed by atoms with Gasteiger partial charge in [-0.3, -0.25) is 4.79 Å². The van der Waals surface area contributed by atoms with Crippen molar-refractivity contribution in [2.45, 2.75) is 50.7 Å². The van der Waals surface area contributed by atoms with Crippen molar-refractivity contribution in [3.8, 4) is 0 Å². The van der Waals surface area contributed by atoms with Crippen molar-refractivity contribution in [1.82, 2.24) is 4.90 Å². The van der Waals surface area contributed by atoms with E-state index in [1.54, 1.807) is 0 Å². The van der Waals surface area contributed by atoms with E-state index in [2.05, 4.69) is 0 Å². The smallest absolute Gasteiger partial charge is 0.251 e. The van der Waals surface area contributed by atoms with Gasteiger partial charge in [0.05, 0.1) is 0 Å². The van der Waals surface area contributed by atoms with Gasteiger partial charge in [0.1, 0.15) is 6.10 Å². The van der Waals surface area contributed by atoms with Gasteiger partial charge in [0.15, 0.2) is 0 Å². The third kappa shape index (κ3) is 2.80. The Bertz CT molecular complexity index is 264. The van der Waals surface area contributed by atoms with Crippen LogP contribution in [0.1, 0.15) is 38.5 Å². The van der Waals surface area contributed by atoms with Crippen LogP contribution in [0.2, 0.25) is 0 Å².